The number of likely N-dealkylation sites (tertiary alicyclic amines) is 1. The summed E-state index contributed by atoms with van der Waals surface area (Å²) in [6.07, 6.45) is 12.5. The van der Waals surface area contributed by atoms with E-state index in [1.54, 1.807) is 6.07 Å². The predicted molar refractivity (Wildman–Crippen MR) is 158 cm³/mol. The van der Waals surface area contributed by atoms with E-state index >= 15 is 0 Å². The molecule has 212 valence electrons. The third kappa shape index (κ3) is 5.34. The molecular weight excluding hydrogens is 506 g/mol. The Labute approximate surface area is 239 Å². The van der Waals surface area contributed by atoms with Crippen LogP contribution in [-0.2, 0) is 6.42 Å². The molecule has 2 aromatic carbocycles. The molecule has 0 unspecified atom stereocenters. The SMILES string of the molecule is C[C@]12C[C@H](c3ccc(OCCCCCN4CCCCC4)cc3)[C@@H]3c4ccc(O)c(Cl)c4CC[C@H]3[C@@H]1CC[C@@H]2O. The number of nitrogens with zero attached hydrogens (tertiary/aromatic N) is 1. The quantitative estimate of drug-likeness (QED) is 0.330. The van der Waals surface area contributed by atoms with Crippen molar-refractivity contribution in [1.82, 2.24) is 4.90 Å². The number of fused-ring (bicyclic) bond motifs is 5. The average Bonchev–Trinajstić information content (AvgIpc) is 3.26. The fourth-order valence-electron chi connectivity index (χ4n) is 8.84. The normalized spacial score (nSPS) is 32.3. The minimum Gasteiger partial charge on any atom is -0.506 e. The van der Waals surface area contributed by atoms with Gasteiger partial charge in [-0.05, 0) is 148 Å². The largest absolute Gasteiger partial charge is 0.506 e. The van der Waals surface area contributed by atoms with Crippen molar-refractivity contribution in [2.24, 2.45) is 17.3 Å². The van der Waals surface area contributed by atoms with Crippen LogP contribution in [0.2, 0.25) is 5.02 Å². The number of unbranched alkanes of at least 4 members (excludes halogenated alkanes) is 2. The number of piperidine rings is 1. The molecule has 5 heteroatoms. The topological polar surface area (TPSA) is 52.9 Å². The van der Waals surface area contributed by atoms with Gasteiger partial charge in [0.2, 0.25) is 0 Å². The van der Waals surface area contributed by atoms with Crippen molar-refractivity contribution in [3.8, 4) is 11.5 Å². The van der Waals surface area contributed by atoms with Crippen LogP contribution in [-0.4, -0.2) is 47.5 Å². The van der Waals surface area contributed by atoms with Crippen molar-refractivity contribution >= 4 is 11.6 Å². The fourth-order valence-corrected chi connectivity index (χ4v) is 9.10. The number of halogens is 1. The van der Waals surface area contributed by atoms with Gasteiger partial charge in [-0.3, -0.25) is 0 Å². The van der Waals surface area contributed by atoms with E-state index in [1.165, 1.54) is 62.9 Å². The summed E-state index contributed by atoms with van der Waals surface area (Å²) >= 11 is 6.63. The summed E-state index contributed by atoms with van der Waals surface area (Å²) in [6.45, 7) is 6.91. The van der Waals surface area contributed by atoms with Crippen LogP contribution in [0, 0.1) is 17.3 Å². The number of hydrogen-bond donors (Lipinski definition) is 2. The molecule has 2 saturated carbocycles. The van der Waals surface area contributed by atoms with Crippen molar-refractivity contribution in [2.45, 2.75) is 95.5 Å². The number of benzene rings is 2. The smallest absolute Gasteiger partial charge is 0.134 e. The number of aromatic hydroxyl groups is 1. The minimum absolute atomic E-state index is 0.0482. The molecule has 0 radical (unpaired) electrons. The van der Waals surface area contributed by atoms with Gasteiger partial charge in [0.25, 0.3) is 0 Å². The predicted octanol–water partition coefficient (Wildman–Crippen LogP) is 7.69. The zero-order chi connectivity index (χ0) is 27.0. The number of phenolic OH excluding ortho intramolecular Hbond substituents is 1. The second-order valence-electron chi connectivity index (χ2n) is 13.1. The lowest BCUT2D eigenvalue weighted by Crippen LogP contribution is -2.47. The molecular formula is C34H46ClNO3. The van der Waals surface area contributed by atoms with Crippen LogP contribution < -0.4 is 4.74 Å². The molecule has 6 atom stereocenters. The van der Waals surface area contributed by atoms with Crippen LogP contribution in [0.25, 0.3) is 0 Å². The van der Waals surface area contributed by atoms with Crippen LogP contribution in [0.15, 0.2) is 36.4 Å². The van der Waals surface area contributed by atoms with Crippen molar-refractivity contribution < 1.29 is 14.9 Å². The lowest BCUT2D eigenvalue weighted by molar-refractivity contribution is -0.0322. The van der Waals surface area contributed by atoms with Crippen molar-refractivity contribution in [3.63, 3.8) is 0 Å². The van der Waals surface area contributed by atoms with E-state index < -0.39 is 0 Å². The number of aliphatic hydroxyl groups excluding tert-OH is 1. The molecule has 0 bridgehead atoms. The standard InChI is InChI=1S/C34H46ClNO3/c1-34-22-28(23-8-10-24(11-9-23)39-21-7-3-6-20-36-18-4-2-5-19-36)32-25-14-16-30(37)33(35)26(25)12-13-27(32)29(34)15-17-31(34)38/h8-11,14,16,27-29,31-32,37-38H,2-7,12-13,15,17-22H2,1H3/t27-,28+,29-,31-,32+,34-/m0/s1. The number of aliphatic hydroxyl groups is 1. The van der Waals surface area contributed by atoms with Gasteiger partial charge in [-0.15, -0.1) is 0 Å². The molecule has 2 aromatic rings. The van der Waals surface area contributed by atoms with Crippen molar-refractivity contribution in [3.05, 3.63) is 58.1 Å². The van der Waals surface area contributed by atoms with E-state index in [0.717, 1.165) is 56.4 Å². The van der Waals surface area contributed by atoms with Gasteiger partial charge in [-0.25, -0.2) is 0 Å². The van der Waals surface area contributed by atoms with E-state index in [4.69, 9.17) is 16.3 Å². The van der Waals surface area contributed by atoms with E-state index in [-0.39, 0.29) is 17.3 Å². The van der Waals surface area contributed by atoms with Crippen molar-refractivity contribution in [2.75, 3.05) is 26.2 Å². The van der Waals surface area contributed by atoms with Gasteiger partial charge in [0.05, 0.1) is 17.7 Å². The maximum Gasteiger partial charge on any atom is 0.134 e. The summed E-state index contributed by atoms with van der Waals surface area (Å²) in [4.78, 5) is 2.62. The van der Waals surface area contributed by atoms with Crippen LogP contribution >= 0.6 is 11.6 Å². The zero-order valence-corrected chi connectivity index (χ0v) is 24.3. The second kappa shape index (κ2) is 11.6. The highest BCUT2D eigenvalue weighted by Gasteiger charge is 2.57. The third-order valence-electron chi connectivity index (χ3n) is 10.9. The summed E-state index contributed by atoms with van der Waals surface area (Å²) in [5.74, 6) is 2.88. The minimum atomic E-state index is -0.228. The van der Waals surface area contributed by atoms with E-state index in [2.05, 4.69) is 42.2 Å². The van der Waals surface area contributed by atoms with E-state index in [0.29, 0.717) is 28.7 Å². The molecule has 39 heavy (non-hydrogen) atoms. The van der Waals surface area contributed by atoms with Gasteiger partial charge in [0.15, 0.2) is 0 Å². The third-order valence-corrected chi connectivity index (χ3v) is 11.3. The van der Waals surface area contributed by atoms with Gasteiger partial charge < -0.3 is 19.8 Å². The molecule has 1 aliphatic heterocycles. The highest BCUT2D eigenvalue weighted by molar-refractivity contribution is 6.32. The highest BCUT2D eigenvalue weighted by Crippen LogP contribution is 2.65. The molecule has 4 aliphatic rings. The van der Waals surface area contributed by atoms with Crippen LogP contribution in [0.4, 0.5) is 0 Å². The number of ether oxygens (including phenoxy) is 1. The number of rotatable bonds is 8. The molecule has 0 spiro atoms. The lowest BCUT2D eigenvalue weighted by Gasteiger charge is -2.54. The summed E-state index contributed by atoms with van der Waals surface area (Å²) in [6, 6.07) is 12.7. The molecule has 4 nitrogen and oxygen atoms in total. The molecule has 0 aromatic heterocycles. The molecule has 6 rings (SSSR count). The monoisotopic (exact) mass is 551 g/mol. The van der Waals surface area contributed by atoms with Gasteiger partial charge >= 0.3 is 0 Å². The maximum atomic E-state index is 11.1. The van der Waals surface area contributed by atoms with Crippen LogP contribution in [0.5, 0.6) is 11.5 Å². The fraction of sp³-hybridized carbons (Fsp3) is 0.647. The van der Waals surface area contributed by atoms with Crippen LogP contribution in [0.3, 0.4) is 0 Å². The average molecular weight is 552 g/mol. The molecule has 1 heterocycles. The van der Waals surface area contributed by atoms with Crippen LogP contribution in [0.1, 0.15) is 99.7 Å². The summed E-state index contributed by atoms with van der Waals surface area (Å²) < 4.78 is 6.14. The van der Waals surface area contributed by atoms with Gasteiger partial charge in [-0.1, -0.05) is 43.1 Å². The first kappa shape index (κ1) is 27.4. The molecule has 3 fully saturated rings. The van der Waals surface area contributed by atoms with Crippen molar-refractivity contribution in [1.29, 1.82) is 0 Å². The Morgan fingerprint density at radius 3 is 2.56 bits per heavy atom. The first-order chi connectivity index (χ1) is 19.0. The Bertz CT molecular complexity index is 1130. The second-order valence-corrected chi connectivity index (χ2v) is 13.5. The maximum absolute atomic E-state index is 11.1. The van der Waals surface area contributed by atoms with Gasteiger partial charge in [0, 0.05) is 0 Å². The summed E-state index contributed by atoms with van der Waals surface area (Å²) in [7, 11) is 0. The molecule has 2 N–H and O–H groups in total. The molecule has 1 saturated heterocycles. The Balaban J connectivity index is 1.14. The zero-order valence-electron chi connectivity index (χ0n) is 23.6. The first-order valence-corrected chi connectivity index (χ1v) is 16.0. The Morgan fingerprint density at radius 2 is 1.77 bits per heavy atom. The Hall–Kier alpha value is -1.75. The summed E-state index contributed by atoms with van der Waals surface area (Å²) in [5, 5.41) is 22.0. The molecule has 3 aliphatic carbocycles. The van der Waals surface area contributed by atoms with Gasteiger partial charge in [0.1, 0.15) is 11.5 Å². The van der Waals surface area contributed by atoms with Gasteiger partial charge in [-0.2, -0.15) is 0 Å². The lowest BCUT2D eigenvalue weighted by atomic mass is 9.51. The molecule has 0 amide bonds. The highest BCUT2D eigenvalue weighted by atomic mass is 35.5. The van der Waals surface area contributed by atoms with E-state index in [9.17, 15) is 10.2 Å². The number of phenols is 1. The van der Waals surface area contributed by atoms with E-state index in [1.807, 2.05) is 0 Å². The Morgan fingerprint density at radius 1 is 0.974 bits per heavy atom. The Kier molecular flexibility index (Phi) is 8.17. The number of hydrogen-bond acceptors (Lipinski definition) is 4. The summed E-state index contributed by atoms with van der Waals surface area (Å²) in [5.41, 5.74) is 3.72. The first-order valence-electron chi connectivity index (χ1n) is 15.6.